The normalized spacial score (nSPS) is 17.0. The summed E-state index contributed by atoms with van der Waals surface area (Å²) in [6, 6.07) is 13.4. The van der Waals surface area contributed by atoms with Crippen molar-refractivity contribution in [1.82, 2.24) is 9.88 Å². The number of hydrogen-bond acceptors (Lipinski definition) is 4. The van der Waals surface area contributed by atoms with Gasteiger partial charge in [-0.1, -0.05) is 17.7 Å². The molecule has 0 unspecified atom stereocenters. The Hall–Kier alpha value is -2.86. The second kappa shape index (κ2) is 6.80. The largest absolute Gasteiger partial charge is 0.436 e. The minimum absolute atomic E-state index is 0.120. The number of carbonyl (C=O) groups is 1. The Balaban J connectivity index is 1.53. The Morgan fingerprint density at radius 3 is 2.96 bits per heavy atom. The molecule has 2 amide bonds. The number of methoxy groups -OCH3 is 1. The minimum Gasteiger partial charge on any atom is -0.436 e. The molecule has 1 N–H and O–H groups in total. The van der Waals surface area contributed by atoms with E-state index in [1.54, 1.807) is 12.0 Å². The van der Waals surface area contributed by atoms with Gasteiger partial charge in [0.15, 0.2) is 5.58 Å². The summed E-state index contributed by atoms with van der Waals surface area (Å²) in [5.74, 6) is 0.578. The van der Waals surface area contributed by atoms with Crippen molar-refractivity contribution in [2.45, 2.75) is 19.4 Å². The van der Waals surface area contributed by atoms with Crippen LogP contribution < -0.4 is 5.32 Å². The van der Waals surface area contributed by atoms with E-state index in [0.29, 0.717) is 30.3 Å². The summed E-state index contributed by atoms with van der Waals surface area (Å²) in [6.45, 7) is 3.35. The predicted molar refractivity (Wildman–Crippen MR) is 100 cm³/mol. The lowest BCUT2D eigenvalue weighted by Crippen LogP contribution is -2.33. The number of nitrogens with zero attached hydrogens (tertiary/aromatic N) is 2. The first-order valence-corrected chi connectivity index (χ1v) is 8.69. The van der Waals surface area contributed by atoms with Crippen molar-refractivity contribution in [1.29, 1.82) is 0 Å². The molecule has 0 aliphatic carbocycles. The molecule has 1 saturated heterocycles. The number of likely N-dealkylation sites (tertiary alicyclic amines) is 1. The van der Waals surface area contributed by atoms with Gasteiger partial charge in [0.2, 0.25) is 5.89 Å². The fourth-order valence-electron chi connectivity index (χ4n) is 3.21. The molecule has 6 heteroatoms. The molecular weight excluding hydrogens is 330 g/mol. The maximum absolute atomic E-state index is 12.4. The molecule has 3 aromatic rings. The van der Waals surface area contributed by atoms with Gasteiger partial charge in [0, 0.05) is 37.5 Å². The predicted octanol–water partition coefficient (Wildman–Crippen LogP) is 4.06. The summed E-state index contributed by atoms with van der Waals surface area (Å²) in [5.41, 5.74) is 4.19. The number of carbonyl (C=O) groups excluding carboxylic acids is 1. The standard InChI is InChI=1S/C20H21N3O3/c1-13-4-3-5-14(10-13)19-22-17-7-6-15(11-18(17)26-19)21-20(24)23-9-8-16(12-23)25-2/h3-7,10-11,16H,8-9,12H2,1-2H3,(H,21,24)/t16-/m0/s1. The van der Waals surface area contributed by atoms with Gasteiger partial charge in [-0.05, 0) is 37.6 Å². The molecule has 0 bridgehead atoms. The lowest BCUT2D eigenvalue weighted by atomic mass is 10.1. The van der Waals surface area contributed by atoms with Crippen molar-refractivity contribution < 1.29 is 13.9 Å². The van der Waals surface area contributed by atoms with Gasteiger partial charge >= 0.3 is 6.03 Å². The zero-order chi connectivity index (χ0) is 18.1. The number of rotatable bonds is 3. The monoisotopic (exact) mass is 351 g/mol. The van der Waals surface area contributed by atoms with Gasteiger partial charge in [-0.15, -0.1) is 0 Å². The fourth-order valence-corrected chi connectivity index (χ4v) is 3.21. The highest BCUT2D eigenvalue weighted by molar-refractivity contribution is 5.92. The third kappa shape index (κ3) is 3.28. The molecule has 0 radical (unpaired) electrons. The Labute approximate surface area is 151 Å². The van der Waals surface area contributed by atoms with Crippen LogP contribution in [0.15, 0.2) is 46.9 Å². The number of anilines is 1. The molecule has 6 nitrogen and oxygen atoms in total. The molecule has 1 aliphatic heterocycles. The molecule has 0 saturated carbocycles. The highest BCUT2D eigenvalue weighted by atomic mass is 16.5. The van der Waals surface area contributed by atoms with E-state index in [-0.39, 0.29) is 12.1 Å². The van der Waals surface area contributed by atoms with Gasteiger partial charge in [-0.25, -0.2) is 9.78 Å². The van der Waals surface area contributed by atoms with E-state index < -0.39 is 0 Å². The summed E-state index contributed by atoms with van der Waals surface area (Å²) in [6.07, 6.45) is 0.986. The number of benzene rings is 2. The van der Waals surface area contributed by atoms with E-state index in [0.717, 1.165) is 23.1 Å². The van der Waals surface area contributed by atoms with E-state index in [4.69, 9.17) is 9.15 Å². The number of oxazole rings is 1. The van der Waals surface area contributed by atoms with Crippen LogP contribution in [-0.2, 0) is 4.74 Å². The number of amides is 2. The summed E-state index contributed by atoms with van der Waals surface area (Å²) >= 11 is 0. The topological polar surface area (TPSA) is 67.6 Å². The Morgan fingerprint density at radius 1 is 1.31 bits per heavy atom. The first-order valence-electron chi connectivity index (χ1n) is 8.69. The third-order valence-corrected chi connectivity index (χ3v) is 4.67. The molecule has 1 fully saturated rings. The molecule has 134 valence electrons. The van der Waals surface area contributed by atoms with Crippen LogP contribution in [0, 0.1) is 6.92 Å². The van der Waals surface area contributed by atoms with Crippen molar-refractivity contribution in [3.05, 3.63) is 48.0 Å². The number of aryl methyl sites for hydroxylation is 1. The Morgan fingerprint density at radius 2 is 2.19 bits per heavy atom. The molecule has 2 heterocycles. The average Bonchev–Trinajstić information content (AvgIpc) is 3.28. The lowest BCUT2D eigenvalue weighted by molar-refractivity contribution is 0.111. The van der Waals surface area contributed by atoms with Gasteiger partial charge < -0.3 is 19.4 Å². The first kappa shape index (κ1) is 16.6. The SMILES string of the molecule is CO[C@H]1CCN(C(=O)Nc2ccc3nc(-c4cccc(C)c4)oc3c2)C1. The maximum Gasteiger partial charge on any atom is 0.321 e. The number of urea groups is 1. The van der Waals surface area contributed by atoms with Gasteiger partial charge in [0.05, 0.1) is 6.10 Å². The number of nitrogens with one attached hydrogen (secondary N) is 1. The number of hydrogen-bond donors (Lipinski definition) is 1. The fraction of sp³-hybridized carbons (Fsp3) is 0.300. The molecule has 26 heavy (non-hydrogen) atoms. The molecule has 4 rings (SSSR count). The maximum atomic E-state index is 12.4. The van der Waals surface area contributed by atoms with Crippen molar-refractivity contribution in [3.8, 4) is 11.5 Å². The summed E-state index contributed by atoms with van der Waals surface area (Å²) < 4.78 is 11.2. The van der Waals surface area contributed by atoms with Crippen molar-refractivity contribution in [2.24, 2.45) is 0 Å². The van der Waals surface area contributed by atoms with Crippen molar-refractivity contribution in [3.63, 3.8) is 0 Å². The first-order chi connectivity index (χ1) is 12.6. The van der Waals surface area contributed by atoms with Crippen LogP contribution in [0.25, 0.3) is 22.6 Å². The zero-order valence-corrected chi connectivity index (χ0v) is 14.9. The van der Waals surface area contributed by atoms with Crippen LogP contribution in [0.5, 0.6) is 0 Å². The molecule has 1 aliphatic rings. The van der Waals surface area contributed by atoms with E-state index >= 15 is 0 Å². The summed E-state index contributed by atoms with van der Waals surface area (Å²) in [5, 5.41) is 2.92. The third-order valence-electron chi connectivity index (χ3n) is 4.67. The van der Waals surface area contributed by atoms with Gasteiger partial charge in [0.1, 0.15) is 5.52 Å². The molecule has 1 aromatic heterocycles. The quantitative estimate of drug-likeness (QED) is 0.773. The smallest absolute Gasteiger partial charge is 0.321 e. The van der Waals surface area contributed by atoms with E-state index in [1.807, 2.05) is 49.4 Å². The van der Waals surface area contributed by atoms with Crippen molar-refractivity contribution >= 4 is 22.8 Å². The van der Waals surface area contributed by atoms with E-state index in [2.05, 4.69) is 10.3 Å². The second-order valence-corrected chi connectivity index (χ2v) is 6.59. The Kier molecular flexibility index (Phi) is 4.34. The van der Waals surface area contributed by atoms with Gasteiger partial charge in [-0.3, -0.25) is 0 Å². The molecule has 0 spiro atoms. The summed E-state index contributed by atoms with van der Waals surface area (Å²) in [4.78, 5) is 18.7. The summed E-state index contributed by atoms with van der Waals surface area (Å²) in [7, 11) is 1.68. The minimum atomic E-state index is -0.123. The Bertz CT molecular complexity index is 950. The highest BCUT2D eigenvalue weighted by Crippen LogP contribution is 2.27. The van der Waals surface area contributed by atoms with Crippen LogP contribution in [0.4, 0.5) is 10.5 Å². The molecule has 2 aromatic carbocycles. The van der Waals surface area contributed by atoms with E-state index in [9.17, 15) is 4.79 Å². The molecular formula is C20H21N3O3. The number of fused-ring (bicyclic) bond motifs is 1. The van der Waals surface area contributed by atoms with Crippen LogP contribution in [0.1, 0.15) is 12.0 Å². The van der Waals surface area contributed by atoms with Gasteiger partial charge in [0.25, 0.3) is 0 Å². The number of aromatic nitrogens is 1. The zero-order valence-electron chi connectivity index (χ0n) is 14.9. The van der Waals surface area contributed by atoms with Gasteiger partial charge in [-0.2, -0.15) is 0 Å². The van der Waals surface area contributed by atoms with Crippen LogP contribution >= 0.6 is 0 Å². The van der Waals surface area contributed by atoms with Crippen LogP contribution in [-0.4, -0.2) is 42.2 Å². The van der Waals surface area contributed by atoms with Crippen molar-refractivity contribution in [2.75, 3.05) is 25.5 Å². The average molecular weight is 351 g/mol. The second-order valence-electron chi connectivity index (χ2n) is 6.59. The lowest BCUT2D eigenvalue weighted by Gasteiger charge is -2.16. The highest BCUT2D eigenvalue weighted by Gasteiger charge is 2.26. The molecule has 1 atom stereocenters. The van der Waals surface area contributed by atoms with E-state index in [1.165, 1.54) is 0 Å². The number of ether oxygens (including phenoxy) is 1. The van der Waals surface area contributed by atoms with Crippen LogP contribution in [0.3, 0.4) is 0 Å². The van der Waals surface area contributed by atoms with Crippen LogP contribution in [0.2, 0.25) is 0 Å².